The van der Waals surface area contributed by atoms with Gasteiger partial charge in [0, 0.05) is 0 Å². The second kappa shape index (κ2) is 7.86. The standard InChI is InChI=1S/C22H31N3O6/c1-20(2,3)29-17(26)11-10-12-14(16(23)25-24-12)15(19(28)31-22(7,8)9)13(11)18(27)30-21(4,5)6/h10H,1-9H3,(H3,23,24,25). The fourth-order valence-electron chi connectivity index (χ4n) is 2.78. The van der Waals surface area contributed by atoms with Gasteiger partial charge in [0.2, 0.25) is 0 Å². The molecular formula is C22H31N3O6. The number of carbonyl (C=O) groups is 3. The topological polar surface area (TPSA) is 134 Å². The highest BCUT2D eigenvalue weighted by molar-refractivity contribution is 6.19. The Morgan fingerprint density at radius 2 is 1.19 bits per heavy atom. The summed E-state index contributed by atoms with van der Waals surface area (Å²) in [5.74, 6) is -2.53. The lowest BCUT2D eigenvalue weighted by Gasteiger charge is -2.25. The van der Waals surface area contributed by atoms with Gasteiger partial charge in [-0.3, -0.25) is 5.10 Å². The number of nitrogens with zero attached hydrogens (tertiary/aromatic N) is 1. The Hall–Kier alpha value is -3.10. The van der Waals surface area contributed by atoms with Crippen molar-refractivity contribution in [1.29, 1.82) is 0 Å². The molecule has 0 amide bonds. The average Bonchev–Trinajstić information content (AvgIpc) is 2.89. The minimum atomic E-state index is -0.885. The molecule has 31 heavy (non-hydrogen) atoms. The summed E-state index contributed by atoms with van der Waals surface area (Å²) in [7, 11) is 0. The van der Waals surface area contributed by atoms with Crippen LogP contribution in [-0.4, -0.2) is 44.9 Å². The molecule has 9 heteroatoms. The highest BCUT2D eigenvalue weighted by Gasteiger charge is 2.35. The maximum Gasteiger partial charge on any atom is 0.340 e. The summed E-state index contributed by atoms with van der Waals surface area (Å²) in [6.45, 7) is 15.2. The first-order valence-corrected chi connectivity index (χ1v) is 9.90. The highest BCUT2D eigenvalue weighted by Crippen LogP contribution is 2.33. The van der Waals surface area contributed by atoms with Crippen LogP contribution in [0.15, 0.2) is 6.07 Å². The Bertz CT molecular complexity index is 1030. The van der Waals surface area contributed by atoms with Gasteiger partial charge in [0.05, 0.1) is 27.6 Å². The number of aromatic amines is 1. The van der Waals surface area contributed by atoms with E-state index in [2.05, 4.69) is 10.2 Å². The monoisotopic (exact) mass is 433 g/mol. The predicted octanol–water partition coefficient (Wildman–Crippen LogP) is 4.01. The Balaban J connectivity index is 2.89. The molecule has 3 N–H and O–H groups in total. The van der Waals surface area contributed by atoms with E-state index in [-0.39, 0.29) is 33.4 Å². The molecule has 0 radical (unpaired) electrons. The number of nitrogens with two attached hydrogens (primary N) is 1. The molecule has 2 rings (SSSR count). The van der Waals surface area contributed by atoms with E-state index in [1.807, 2.05) is 0 Å². The van der Waals surface area contributed by atoms with Crippen molar-refractivity contribution in [2.24, 2.45) is 0 Å². The molecule has 0 unspecified atom stereocenters. The lowest BCUT2D eigenvalue weighted by Crippen LogP contribution is -2.31. The molecule has 0 aliphatic carbocycles. The minimum Gasteiger partial charge on any atom is -0.456 e. The fraction of sp³-hybridized carbons (Fsp3) is 0.545. The maximum absolute atomic E-state index is 13.2. The molecule has 0 fully saturated rings. The molecule has 0 saturated heterocycles. The van der Waals surface area contributed by atoms with Gasteiger partial charge in [-0.15, -0.1) is 0 Å². The van der Waals surface area contributed by atoms with Crippen LogP contribution in [0, 0.1) is 0 Å². The molecule has 2 aromatic rings. The Morgan fingerprint density at radius 1 is 0.774 bits per heavy atom. The summed E-state index contributed by atoms with van der Waals surface area (Å²) in [6, 6.07) is 1.37. The van der Waals surface area contributed by atoms with Gasteiger partial charge in [0.15, 0.2) is 5.82 Å². The summed E-state index contributed by atoms with van der Waals surface area (Å²) in [5, 5.41) is 6.77. The number of nitrogens with one attached hydrogen (secondary N) is 1. The zero-order valence-corrected chi connectivity index (χ0v) is 19.6. The number of ether oxygens (including phenoxy) is 3. The second-order valence-corrected chi connectivity index (χ2v) is 10.2. The Labute approximate surface area is 181 Å². The zero-order valence-electron chi connectivity index (χ0n) is 19.6. The molecule has 0 saturated carbocycles. The van der Waals surface area contributed by atoms with Crippen molar-refractivity contribution in [3.63, 3.8) is 0 Å². The smallest absolute Gasteiger partial charge is 0.340 e. The van der Waals surface area contributed by atoms with Crippen molar-refractivity contribution < 1.29 is 28.6 Å². The van der Waals surface area contributed by atoms with E-state index in [1.54, 1.807) is 62.3 Å². The molecule has 0 aliphatic heterocycles. The third kappa shape index (κ3) is 5.96. The highest BCUT2D eigenvalue weighted by atomic mass is 16.6. The number of aromatic nitrogens is 2. The van der Waals surface area contributed by atoms with Gasteiger partial charge >= 0.3 is 17.9 Å². The first kappa shape index (κ1) is 24.2. The lowest BCUT2D eigenvalue weighted by atomic mass is 9.95. The van der Waals surface area contributed by atoms with Crippen molar-refractivity contribution in [1.82, 2.24) is 10.2 Å². The number of esters is 3. The van der Waals surface area contributed by atoms with Crippen LogP contribution in [-0.2, 0) is 14.2 Å². The number of hydrogen-bond donors (Lipinski definition) is 2. The van der Waals surface area contributed by atoms with E-state index in [0.717, 1.165) is 0 Å². The molecule has 0 bridgehead atoms. The number of carbonyl (C=O) groups excluding carboxylic acids is 3. The van der Waals surface area contributed by atoms with E-state index in [1.165, 1.54) is 6.07 Å². The van der Waals surface area contributed by atoms with Crippen LogP contribution in [0.5, 0.6) is 0 Å². The van der Waals surface area contributed by atoms with Gasteiger partial charge in [-0.05, 0) is 68.4 Å². The number of fused-ring (bicyclic) bond motifs is 1. The number of benzene rings is 1. The maximum atomic E-state index is 13.2. The molecule has 1 heterocycles. The van der Waals surface area contributed by atoms with Crippen LogP contribution in [0.1, 0.15) is 93.4 Å². The molecule has 1 aromatic heterocycles. The van der Waals surface area contributed by atoms with Gasteiger partial charge in [-0.25, -0.2) is 14.4 Å². The molecule has 0 spiro atoms. The second-order valence-electron chi connectivity index (χ2n) is 10.2. The van der Waals surface area contributed by atoms with Crippen LogP contribution < -0.4 is 5.73 Å². The van der Waals surface area contributed by atoms with Crippen molar-refractivity contribution in [2.75, 3.05) is 5.73 Å². The first-order chi connectivity index (χ1) is 13.9. The van der Waals surface area contributed by atoms with Gasteiger partial charge in [0.25, 0.3) is 0 Å². The molecule has 1 aromatic carbocycles. The summed E-state index contributed by atoms with van der Waals surface area (Å²) < 4.78 is 16.5. The SMILES string of the molecule is CC(C)(C)OC(=O)c1cc2[nH]nc(N)c2c(C(=O)OC(C)(C)C)c1C(=O)OC(C)(C)C. The van der Waals surface area contributed by atoms with Crippen LogP contribution in [0.3, 0.4) is 0 Å². The number of nitrogen functional groups attached to an aromatic ring is 1. The summed E-state index contributed by atoms with van der Waals surface area (Å²) in [6.07, 6.45) is 0. The average molecular weight is 434 g/mol. The van der Waals surface area contributed by atoms with Crippen LogP contribution in [0.4, 0.5) is 5.82 Å². The summed E-state index contributed by atoms with van der Waals surface area (Å²) >= 11 is 0. The normalized spacial score (nSPS) is 12.5. The van der Waals surface area contributed by atoms with Crippen LogP contribution >= 0.6 is 0 Å². The first-order valence-electron chi connectivity index (χ1n) is 9.90. The van der Waals surface area contributed by atoms with Gasteiger partial charge in [0.1, 0.15) is 16.8 Å². The fourth-order valence-corrected chi connectivity index (χ4v) is 2.78. The van der Waals surface area contributed by atoms with E-state index in [9.17, 15) is 14.4 Å². The van der Waals surface area contributed by atoms with E-state index >= 15 is 0 Å². The van der Waals surface area contributed by atoms with E-state index in [0.29, 0.717) is 0 Å². The van der Waals surface area contributed by atoms with Crippen molar-refractivity contribution in [3.05, 3.63) is 22.8 Å². The quantitative estimate of drug-likeness (QED) is 0.548. The van der Waals surface area contributed by atoms with E-state index < -0.39 is 34.7 Å². The third-order valence-electron chi connectivity index (χ3n) is 3.71. The number of rotatable bonds is 3. The zero-order chi connectivity index (χ0) is 23.9. The van der Waals surface area contributed by atoms with Crippen molar-refractivity contribution in [2.45, 2.75) is 79.1 Å². The molecule has 9 nitrogen and oxygen atoms in total. The number of H-pyrrole nitrogens is 1. The minimum absolute atomic E-state index is 0.0172. The van der Waals surface area contributed by atoms with Crippen LogP contribution in [0.2, 0.25) is 0 Å². The third-order valence-corrected chi connectivity index (χ3v) is 3.71. The lowest BCUT2D eigenvalue weighted by molar-refractivity contribution is 0.00000197. The van der Waals surface area contributed by atoms with Gasteiger partial charge < -0.3 is 19.9 Å². The van der Waals surface area contributed by atoms with Gasteiger partial charge in [-0.1, -0.05) is 0 Å². The Kier molecular flexibility index (Phi) is 6.13. The van der Waals surface area contributed by atoms with Crippen LogP contribution in [0.25, 0.3) is 10.9 Å². The molecule has 170 valence electrons. The number of hydrogen-bond acceptors (Lipinski definition) is 8. The largest absolute Gasteiger partial charge is 0.456 e. The van der Waals surface area contributed by atoms with Crippen molar-refractivity contribution in [3.8, 4) is 0 Å². The predicted molar refractivity (Wildman–Crippen MR) is 116 cm³/mol. The Morgan fingerprint density at radius 3 is 1.65 bits per heavy atom. The van der Waals surface area contributed by atoms with Gasteiger partial charge in [-0.2, -0.15) is 5.10 Å². The molecule has 0 aliphatic rings. The molecule has 0 atom stereocenters. The van der Waals surface area contributed by atoms with E-state index in [4.69, 9.17) is 19.9 Å². The molecular weight excluding hydrogens is 402 g/mol. The summed E-state index contributed by atoms with van der Waals surface area (Å²) in [5.41, 5.74) is 3.05. The van der Waals surface area contributed by atoms with Crippen molar-refractivity contribution >= 4 is 34.6 Å². The summed E-state index contributed by atoms with van der Waals surface area (Å²) in [4.78, 5) is 39.4. The number of anilines is 1.